The summed E-state index contributed by atoms with van der Waals surface area (Å²) >= 11 is 0. The van der Waals surface area contributed by atoms with Gasteiger partial charge in [0.25, 0.3) is 0 Å². The van der Waals surface area contributed by atoms with Gasteiger partial charge in [0, 0.05) is 34.4 Å². The van der Waals surface area contributed by atoms with Gasteiger partial charge < -0.3 is 29.2 Å². The van der Waals surface area contributed by atoms with Crippen molar-refractivity contribution in [2.75, 3.05) is 26.4 Å². The van der Waals surface area contributed by atoms with Crippen molar-refractivity contribution in [3.05, 3.63) is 170 Å². The summed E-state index contributed by atoms with van der Waals surface area (Å²) in [7, 11) is 0. The first-order valence-electron chi connectivity index (χ1n) is 22.5. The van der Waals surface area contributed by atoms with Crippen molar-refractivity contribution in [2.24, 2.45) is 23.7 Å². The second-order valence-corrected chi connectivity index (χ2v) is 16.5. The zero-order chi connectivity index (χ0) is 47.1. The van der Waals surface area contributed by atoms with Gasteiger partial charge in [-0.1, -0.05) is 133 Å². The van der Waals surface area contributed by atoms with Crippen LogP contribution in [0.5, 0.6) is 23.0 Å². The number of carbonyl (C=O) groups is 2. The number of nitrogens with zero attached hydrogens (tertiary/aromatic N) is 6. The normalized spacial score (nSPS) is 16.8. The second kappa shape index (κ2) is 20.0. The smallest absolute Gasteiger partial charge is 0.310 e. The molecule has 2 aliphatic rings. The van der Waals surface area contributed by atoms with Crippen molar-refractivity contribution in [3.63, 3.8) is 0 Å². The predicted molar refractivity (Wildman–Crippen MR) is 256 cm³/mol. The summed E-state index contributed by atoms with van der Waals surface area (Å²) in [5.74, 6) is 0.209. The molecule has 2 bridgehead atoms. The van der Waals surface area contributed by atoms with E-state index in [4.69, 9.17) is 28.9 Å². The van der Waals surface area contributed by atoms with Gasteiger partial charge >= 0.3 is 11.9 Å². The van der Waals surface area contributed by atoms with Crippen molar-refractivity contribution < 1.29 is 38.7 Å². The van der Waals surface area contributed by atoms with Crippen LogP contribution in [0.25, 0.3) is 68.3 Å². The molecule has 1 saturated carbocycles. The van der Waals surface area contributed by atoms with Crippen molar-refractivity contribution in [3.8, 4) is 91.3 Å². The number of aromatic hydroxyl groups is 2. The lowest BCUT2D eigenvalue weighted by molar-refractivity contribution is -0.162. The Hall–Kier alpha value is -8.78. The molecule has 2 aromatic heterocycles. The van der Waals surface area contributed by atoms with Crippen molar-refractivity contribution >= 4 is 11.9 Å². The number of benzene rings is 6. The maximum Gasteiger partial charge on any atom is 0.310 e. The first kappa shape index (κ1) is 44.1. The molecular weight excluding hydrogens is 873 g/mol. The summed E-state index contributed by atoms with van der Waals surface area (Å²) in [4.78, 5) is 55.1. The Balaban J connectivity index is 0.728. The quantitative estimate of drug-likeness (QED) is 0.0530. The number of hydrogen-bond acceptors (Lipinski definition) is 14. The number of fused-ring (bicyclic) bond motifs is 2. The van der Waals surface area contributed by atoms with Crippen LogP contribution in [-0.4, -0.2) is 78.5 Å². The highest BCUT2D eigenvalue weighted by atomic mass is 16.6. The summed E-state index contributed by atoms with van der Waals surface area (Å²) in [6.45, 7) is -0.148. The molecule has 69 heavy (non-hydrogen) atoms. The van der Waals surface area contributed by atoms with Gasteiger partial charge in [-0.15, -0.1) is 0 Å². The molecule has 6 aromatic carbocycles. The zero-order valence-electron chi connectivity index (χ0n) is 37.0. The van der Waals surface area contributed by atoms with Gasteiger partial charge in [0.1, 0.15) is 49.4 Å². The zero-order valence-corrected chi connectivity index (χ0v) is 37.0. The molecule has 4 unspecified atom stereocenters. The van der Waals surface area contributed by atoms with E-state index in [2.05, 4.69) is 19.9 Å². The molecule has 10 rings (SSSR count). The van der Waals surface area contributed by atoms with Gasteiger partial charge in [-0.25, -0.2) is 29.9 Å². The number of rotatable bonds is 16. The Morgan fingerprint density at radius 3 is 1.06 bits per heavy atom. The van der Waals surface area contributed by atoms with E-state index in [1.165, 1.54) is 12.1 Å². The number of aromatic nitrogens is 6. The van der Waals surface area contributed by atoms with E-state index in [9.17, 15) is 19.8 Å². The van der Waals surface area contributed by atoms with Gasteiger partial charge in [0.15, 0.2) is 34.9 Å². The summed E-state index contributed by atoms with van der Waals surface area (Å²) in [6.07, 6.45) is 4.56. The predicted octanol–water partition coefficient (Wildman–Crippen LogP) is 9.45. The maximum absolute atomic E-state index is 13.5. The Kier molecular flexibility index (Phi) is 12.8. The minimum atomic E-state index is -0.705. The van der Waals surface area contributed by atoms with E-state index in [1.807, 2.05) is 133 Å². The largest absolute Gasteiger partial charge is 0.507 e. The SMILES string of the molecule is O=C(OCCOc1ccc(-c2nc(-c3ccccc3)nc(-c3ccccc3)n2)c(O)c1)C1C2C=CC(C2)C1C(=O)OCCOc1ccc(-c2nc(-c3ccccc3)nc(-c3ccccc3)n2)c(O)c1. The van der Waals surface area contributed by atoms with Crippen LogP contribution in [0.3, 0.4) is 0 Å². The fourth-order valence-corrected chi connectivity index (χ4v) is 8.70. The molecule has 0 amide bonds. The van der Waals surface area contributed by atoms with E-state index < -0.39 is 23.8 Å². The standard InChI is InChI=1S/C55H44N6O8/c62-44-32-40(23-25-42(44)52-58-48(34-13-5-1-6-14-34)56-49(59-52)35-15-7-2-8-16-35)66-27-29-68-54(64)46-38-21-22-39(31-38)47(46)55(65)69-30-28-67-41-24-26-43(45(63)33-41)53-60-50(36-17-9-3-10-18-36)57-51(61-53)37-19-11-4-12-20-37/h1-26,32-33,38-39,46-47,62-63H,27-31H2. The van der Waals surface area contributed by atoms with Gasteiger partial charge in [0.2, 0.25) is 0 Å². The van der Waals surface area contributed by atoms with Crippen LogP contribution in [0.1, 0.15) is 6.42 Å². The first-order chi connectivity index (χ1) is 33.8. The molecule has 0 spiro atoms. The number of ether oxygens (including phenoxy) is 4. The van der Waals surface area contributed by atoms with Crippen molar-refractivity contribution in [1.82, 2.24) is 29.9 Å². The van der Waals surface area contributed by atoms with Crippen LogP contribution in [0.2, 0.25) is 0 Å². The van der Waals surface area contributed by atoms with Crippen LogP contribution in [-0.2, 0) is 19.1 Å². The lowest BCUT2D eigenvalue weighted by Gasteiger charge is -2.25. The highest BCUT2D eigenvalue weighted by Crippen LogP contribution is 2.49. The third kappa shape index (κ3) is 9.86. The minimum absolute atomic E-state index is 0.00522. The average Bonchev–Trinajstić information content (AvgIpc) is 4.03. The number of carbonyl (C=O) groups excluding carboxylic acids is 2. The van der Waals surface area contributed by atoms with Crippen molar-refractivity contribution in [1.29, 1.82) is 0 Å². The number of allylic oxidation sites excluding steroid dienone is 2. The van der Waals surface area contributed by atoms with Gasteiger partial charge in [0.05, 0.1) is 23.0 Å². The lowest BCUT2D eigenvalue weighted by atomic mass is 9.83. The van der Waals surface area contributed by atoms with Crippen LogP contribution in [0.15, 0.2) is 170 Å². The highest BCUT2D eigenvalue weighted by Gasteiger charge is 2.53. The van der Waals surface area contributed by atoms with E-state index in [0.717, 1.165) is 22.3 Å². The Labute approximate surface area is 397 Å². The van der Waals surface area contributed by atoms with Crippen molar-refractivity contribution in [2.45, 2.75) is 6.42 Å². The fourth-order valence-electron chi connectivity index (χ4n) is 8.70. The van der Waals surface area contributed by atoms with E-state index in [-0.39, 0.29) is 49.8 Å². The molecule has 2 N–H and O–H groups in total. The molecular formula is C55H44N6O8. The van der Waals surface area contributed by atoms with Crippen LogP contribution < -0.4 is 9.47 Å². The Morgan fingerprint density at radius 2 is 0.739 bits per heavy atom. The fraction of sp³-hybridized carbons (Fsp3) is 0.164. The Morgan fingerprint density at radius 1 is 0.420 bits per heavy atom. The third-order valence-corrected chi connectivity index (χ3v) is 12.0. The van der Waals surface area contributed by atoms with Gasteiger partial charge in [-0.2, -0.15) is 0 Å². The molecule has 1 fully saturated rings. The molecule has 0 radical (unpaired) electrons. The summed E-state index contributed by atoms with van der Waals surface area (Å²) in [5, 5.41) is 22.3. The number of esters is 2. The molecule has 2 heterocycles. The minimum Gasteiger partial charge on any atom is -0.507 e. The number of phenolic OH excluding ortho intramolecular Hbond substituents is 2. The average molecular weight is 917 g/mol. The summed E-state index contributed by atoms with van der Waals surface area (Å²) in [5.41, 5.74) is 4.00. The van der Waals surface area contributed by atoms with Crippen LogP contribution >= 0.6 is 0 Å². The molecule has 2 aliphatic carbocycles. The molecule has 342 valence electrons. The monoisotopic (exact) mass is 916 g/mol. The van der Waals surface area contributed by atoms with Crippen LogP contribution in [0.4, 0.5) is 0 Å². The van der Waals surface area contributed by atoms with E-state index in [0.29, 0.717) is 64.0 Å². The maximum atomic E-state index is 13.5. The molecule has 14 nitrogen and oxygen atoms in total. The lowest BCUT2D eigenvalue weighted by Crippen LogP contribution is -2.36. The molecule has 0 saturated heterocycles. The summed E-state index contributed by atoms with van der Waals surface area (Å²) < 4.78 is 23.0. The highest BCUT2D eigenvalue weighted by molar-refractivity contribution is 5.84. The Bertz CT molecular complexity index is 2820. The number of hydrogen-bond donors (Lipinski definition) is 2. The second-order valence-electron chi connectivity index (χ2n) is 16.5. The van der Waals surface area contributed by atoms with E-state index >= 15 is 0 Å². The third-order valence-electron chi connectivity index (χ3n) is 12.0. The molecule has 4 atom stereocenters. The van der Waals surface area contributed by atoms with Crippen LogP contribution in [0, 0.1) is 23.7 Å². The van der Waals surface area contributed by atoms with E-state index in [1.54, 1.807) is 24.3 Å². The summed E-state index contributed by atoms with van der Waals surface area (Å²) in [6, 6.07) is 47.8. The number of phenols is 2. The molecule has 8 aromatic rings. The molecule has 0 aliphatic heterocycles. The first-order valence-corrected chi connectivity index (χ1v) is 22.5. The van der Waals surface area contributed by atoms with Gasteiger partial charge in [-0.3, -0.25) is 9.59 Å². The van der Waals surface area contributed by atoms with Gasteiger partial charge in [-0.05, 0) is 42.5 Å². The molecule has 14 heteroatoms. The topological polar surface area (TPSA) is 189 Å².